The molecule has 0 saturated carbocycles. The van der Waals surface area contributed by atoms with E-state index in [9.17, 15) is 14.0 Å². The number of nitrogens with one attached hydrogen (secondary N) is 1. The third kappa shape index (κ3) is 6.96. The zero-order valence-corrected chi connectivity index (χ0v) is 21.4. The number of hydrogen-bond acceptors (Lipinski definition) is 6. The Labute approximate surface area is 208 Å². The van der Waals surface area contributed by atoms with Crippen molar-refractivity contribution in [1.82, 2.24) is 15.1 Å². The van der Waals surface area contributed by atoms with Crippen molar-refractivity contribution in [2.45, 2.75) is 57.0 Å². The number of Topliss-reactive ketones (excluding diaryl/α,β-unsaturated/α-hetero) is 1. The van der Waals surface area contributed by atoms with E-state index in [-0.39, 0.29) is 29.6 Å². The molecule has 2 heterocycles. The molecule has 0 spiro atoms. The van der Waals surface area contributed by atoms with Crippen molar-refractivity contribution in [1.29, 1.82) is 0 Å². The SMILES string of the molecule is CCC(=O)[C@H]1C(c2ccc(F)cc2)CC2CCC1N2CCCN(CCS)CC(=O)NCCS. The largest absolute Gasteiger partial charge is 0.354 e. The van der Waals surface area contributed by atoms with Crippen LogP contribution in [0, 0.1) is 11.7 Å². The molecule has 2 saturated heterocycles. The molecule has 0 radical (unpaired) electrons. The van der Waals surface area contributed by atoms with E-state index in [1.54, 1.807) is 0 Å². The summed E-state index contributed by atoms with van der Waals surface area (Å²) < 4.78 is 13.5. The van der Waals surface area contributed by atoms with Crippen LogP contribution in [0.25, 0.3) is 0 Å². The molecule has 2 aliphatic rings. The summed E-state index contributed by atoms with van der Waals surface area (Å²) in [7, 11) is 0. The standard InChI is InChI=1S/C25H38FN3O2S2/c1-2-23(30)25-21(18-4-6-19(26)7-5-18)16-20-8-9-22(25)29(20)12-3-11-28(13-15-33)17-24(31)27-10-14-32/h4-7,20-22,25,32-33H,2-3,8-17H2,1H3,(H,27,31)/t20?,21?,22?,25-/m0/s1. The number of rotatable bonds is 13. The second-order valence-electron chi connectivity index (χ2n) is 9.20. The lowest BCUT2D eigenvalue weighted by Gasteiger charge is -2.44. The predicted octanol–water partition coefficient (Wildman–Crippen LogP) is 3.41. The number of benzene rings is 1. The van der Waals surface area contributed by atoms with Gasteiger partial charge in [-0.2, -0.15) is 25.3 Å². The molecule has 1 aromatic carbocycles. The van der Waals surface area contributed by atoms with Crippen LogP contribution in [0.5, 0.6) is 0 Å². The van der Waals surface area contributed by atoms with Gasteiger partial charge in [0.2, 0.25) is 5.91 Å². The summed E-state index contributed by atoms with van der Waals surface area (Å²) >= 11 is 8.49. The molecule has 33 heavy (non-hydrogen) atoms. The van der Waals surface area contributed by atoms with E-state index in [0.29, 0.717) is 42.8 Å². The number of thiol groups is 2. The molecule has 3 unspecified atom stereocenters. The van der Waals surface area contributed by atoms with Crippen LogP contribution in [0.1, 0.15) is 50.5 Å². The Morgan fingerprint density at radius 1 is 1.15 bits per heavy atom. The minimum absolute atomic E-state index is 0.0274. The monoisotopic (exact) mass is 495 g/mol. The molecular formula is C25H38FN3O2S2. The summed E-state index contributed by atoms with van der Waals surface area (Å²) in [5.74, 6) is 1.59. The lowest BCUT2D eigenvalue weighted by Crippen LogP contribution is -2.51. The number of fused-ring (bicyclic) bond motifs is 2. The molecule has 5 nitrogen and oxygen atoms in total. The second kappa shape index (κ2) is 13.1. The second-order valence-corrected chi connectivity index (χ2v) is 10.1. The van der Waals surface area contributed by atoms with Crippen molar-refractivity contribution in [2.75, 3.05) is 44.2 Å². The number of ketones is 1. The van der Waals surface area contributed by atoms with Crippen molar-refractivity contribution >= 4 is 36.9 Å². The highest BCUT2D eigenvalue weighted by atomic mass is 32.1. The van der Waals surface area contributed by atoms with Crippen LogP contribution in [-0.2, 0) is 9.59 Å². The first-order valence-electron chi connectivity index (χ1n) is 12.2. The molecule has 1 aromatic rings. The molecular weight excluding hydrogens is 457 g/mol. The molecule has 184 valence electrons. The Morgan fingerprint density at radius 2 is 1.91 bits per heavy atom. The van der Waals surface area contributed by atoms with Gasteiger partial charge in [0.15, 0.2) is 0 Å². The molecule has 2 bridgehead atoms. The Kier molecular flexibility index (Phi) is 10.5. The average Bonchev–Trinajstić information content (AvgIpc) is 3.08. The topological polar surface area (TPSA) is 52.7 Å². The molecule has 0 aliphatic carbocycles. The summed E-state index contributed by atoms with van der Waals surface area (Å²) in [5.41, 5.74) is 1.09. The van der Waals surface area contributed by atoms with Crippen LogP contribution >= 0.6 is 25.3 Å². The number of carbonyl (C=O) groups is 2. The fourth-order valence-corrected chi connectivity index (χ4v) is 6.13. The van der Waals surface area contributed by atoms with Crippen LogP contribution < -0.4 is 5.32 Å². The van der Waals surface area contributed by atoms with Crippen molar-refractivity contribution in [3.8, 4) is 0 Å². The van der Waals surface area contributed by atoms with Crippen molar-refractivity contribution in [3.05, 3.63) is 35.6 Å². The van der Waals surface area contributed by atoms with Gasteiger partial charge in [0, 0.05) is 49.0 Å². The maximum absolute atomic E-state index is 13.5. The van der Waals surface area contributed by atoms with E-state index in [2.05, 4.69) is 40.4 Å². The Bertz CT molecular complexity index is 779. The Hall–Kier alpha value is -1.09. The molecule has 1 N–H and O–H groups in total. The number of carbonyl (C=O) groups excluding carboxylic acids is 2. The van der Waals surface area contributed by atoms with Gasteiger partial charge in [-0.15, -0.1) is 0 Å². The highest BCUT2D eigenvalue weighted by Crippen LogP contribution is 2.47. The minimum atomic E-state index is -0.234. The van der Waals surface area contributed by atoms with Crippen LogP contribution in [0.2, 0.25) is 0 Å². The van der Waals surface area contributed by atoms with Crippen LogP contribution in [0.3, 0.4) is 0 Å². The number of hydrogen-bond donors (Lipinski definition) is 3. The third-order valence-corrected chi connectivity index (χ3v) is 7.61. The smallest absolute Gasteiger partial charge is 0.234 e. The van der Waals surface area contributed by atoms with Crippen molar-refractivity contribution in [2.24, 2.45) is 5.92 Å². The summed E-state index contributed by atoms with van der Waals surface area (Å²) in [6.45, 7) is 5.44. The maximum Gasteiger partial charge on any atom is 0.234 e. The zero-order chi connectivity index (χ0) is 23.8. The van der Waals surface area contributed by atoms with Crippen LogP contribution in [0.15, 0.2) is 24.3 Å². The van der Waals surface area contributed by atoms with Gasteiger partial charge in [-0.3, -0.25) is 19.4 Å². The Morgan fingerprint density at radius 3 is 2.58 bits per heavy atom. The molecule has 0 aromatic heterocycles. The van der Waals surface area contributed by atoms with E-state index >= 15 is 0 Å². The van der Waals surface area contributed by atoms with E-state index in [4.69, 9.17) is 0 Å². The van der Waals surface area contributed by atoms with E-state index in [1.165, 1.54) is 12.1 Å². The van der Waals surface area contributed by atoms with Gasteiger partial charge in [0.25, 0.3) is 0 Å². The summed E-state index contributed by atoms with van der Waals surface area (Å²) in [4.78, 5) is 29.9. The normalized spacial score (nSPS) is 24.9. The van der Waals surface area contributed by atoms with Crippen molar-refractivity contribution in [3.63, 3.8) is 0 Å². The first-order valence-corrected chi connectivity index (χ1v) is 13.5. The van der Waals surface area contributed by atoms with Crippen LogP contribution in [0.4, 0.5) is 4.39 Å². The summed E-state index contributed by atoms with van der Waals surface area (Å²) in [5, 5.41) is 2.88. The third-order valence-electron chi connectivity index (χ3n) is 7.19. The van der Waals surface area contributed by atoms with Gasteiger partial charge in [-0.05, 0) is 62.4 Å². The number of halogens is 1. The summed E-state index contributed by atoms with van der Waals surface area (Å²) in [6.07, 6.45) is 4.60. The van der Waals surface area contributed by atoms with Gasteiger partial charge >= 0.3 is 0 Å². The molecule has 2 fully saturated rings. The molecule has 2 aliphatic heterocycles. The molecule has 4 atom stereocenters. The Balaban J connectivity index is 1.63. The quantitative estimate of drug-likeness (QED) is 0.367. The molecule has 1 amide bonds. The van der Waals surface area contributed by atoms with Gasteiger partial charge < -0.3 is 5.32 Å². The minimum Gasteiger partial charge on any atom is -0.354 e. The first-order chi connectivity index (χ1) is 16.0. The molecule has 8 heteroatoms. The van der Waals surface area contributed by atoms with Gasteiger partial charge in [-0.1, -0.05) is 19.1 Å². The number of amides is 1. The fourth-order valence-electron chi connectivity index (χ4n) is 5.73. The lowest BCUT2D eigenvalue weighted by molar-refractivity contribution is -0.127. The lowest BCUT2D eigenvalue weighted by atomic mass is 9.73. The van der Waals surface area contributed by atoms with E-state index < -0.39 is 0 Å². The van der Waals surface area contributed by atoms with Gasteiger partial charge in [-0.25, -0.2) is 4.39 Å². The van der Waals surface area contributed by atoms with Crippen LogP contribution in [-0.4, -0.2) is 77.8 Å². The van der Waals surface area contributed by atoms with Gasteiger partial charge in [0.1, 0.15) is 11.6 Å². The fraction of sp³-hybridized carbons (Fsp3) is 0.680. The van der Waals surface area contributed by atoms with E-state index in [0.717, 1.165) is 50.9 Å². The number of piperidine rings is 1. The number of nitrogens with zero attached hydrogens (tertiary/aromatic N) is 2. The highest BCUT2D eigenvalue weighted by molar-refractivity contribution is 7.80. The van der Waals surface area contributed by atoms with Gasteiger partial charge in [0.05, 0.1) is 6.54 Å². The zero-order valence-electron chi connectivity index (χ0n) is 19.6. The average molecular weight is 496 g/mol. The van der Waals surface area contributed by atoms with Crippen molar-refractivity contribution < 1.29 is 14.0 Å². The maximum atomic E-state index is 13.5. The predicted molar refractivity (Wildman–Crippen MR) is 138 cm³/mol. The first kappa shape index (κ1) is 26.5. The highest BCUT2D eigenvalue weighted by Gasteiger charge is 2.49. The molecule has 3 rings (SSSR count). The summed E-state index contributed by atoms with van der Waals surface area (Å²) in [6, 6.07) is 7.46. The van der Waals surface area contributed by atoms with E-state index in [1.807, 2.05) is 19.1 Å².